The first-order chi connectivity index (χ1) is 18.2. The number of aryl methyl sites for hydroxylation is 1. The summed E-state index contributed by atoms with van der Waals surface area (Å²) in [6, 6.07) is 19.8. The van der Waals surface area contributed by atoms with Gasteiger partial charge in [0, 0.05) is 56.0 Å². The van der Waals surface area contributed by atoms with Crippen molar-refractivity contribution in [1.29, 1.82) is 0 Å². The van der Waals surface area contributed by atoms with E-state index in [9.17, 15) is 4.79 Å². The summed E-state index contributed by atoms with van der Waals surface area (Å²) in [7, 11) is 1.63. The van der Waals surface area contributed by atoms with E-state index in [1.807, 2.05) is 53.6 Å². The van der Waals surface area contributed by atoms with Crippen molar-refractivity contribution in [3.63, 3.8) is 0 Å². The normalized spacial score (nSPS) is 14.2. The van der Waals surface area contributed by atoms with Gasteiger partial charge in [-0.25, -0.2) is 9.97 Å². The monoisotopic (exact) mass is 498 g/mol. The fraction of sp³-hybridized carbons (Fsp3) is 0.367. The summed E-state index contributed by atoms with van der Waals surface area (Å²) >= 11 is 0. The average Bonchev–Trinajstić information content (AvgIpc) is 3.43. The number of ether oxygens (including phenoxy) is 2. The zero-order valence-electron chi connectivity index (χ0n) is 21.4. The molecule has 1 saturated heterocycles. The third-order valence-corrected chi connectivity index (χ3v) is 7.06. The van der Waals surface area contributed by atoms with Crippen LogP contribution in [-0.4, -0.2) is 52.1 Å². The van der Waals surface area contributed by atoms with Crippen molar-refractivity contribution in [2.75, 3.05) is 26.8 Å². The number of unbranched alkanes of at least 4 members (excludes halogenated alkanes) is 1. The first kappa shape index (κ1) is 25.0. The van der Waals surface area contributed by atoms with Gasteiger partial charge in [-0.2, -0.15) is 0 Å². The van der Waals surface area contributed by atoms with Crippen molar-refractivity contribution >= 4 is 16.8 Å². The number of piperidine rings is 1. The molecule has 0 aliphatic carbocycles. The van der Waals surface area contributed by atoms with E-state index in [1.165, 1.54) is 5.56 Å². The van der Waals surface area contributed by atoms with E-state index in [0.717, 1.165) is 55.6 Å². The lowest BCUT2D eigenvalue weighted by molar-refractivity contribution is 0.0704. The number of nitrogens with zero attached hydrogens (tertiary/aromatic N) is 4. The van der Waals surface area contributed by atoms with E-state index >= 15 is 0 Å². The smallest absolute Gasteiger partial charge is 0.272 e. The summed E-state index contributed by atoms with van der Waals surface area (Å²) < 4.78 is 13.6. The number of carbonyl (C=O) groups excluding carboxylic acids is 1. The Morgan fingerprint density at radius 1 is 1.03 bits per heavy atom. The lowest BCUT2D eigenvalue weighted by Gasteiger charge is -2.32. The standard InChI is InChI=1S/C30H34N4O3/c1-36-28-21-27(32-26-12-6-5-11-25(26)28)30(35)34-17-13-24(14-18-34)29-31-15-19-33(29)16-7-8-20-37-22-23-9-3-2-4-10-23/h2-6,9-12,15,19,21,24H,7-8,13-14,16-18,20,22H2,1H3. The molecule has 192 valence electrons. The number of benzene rings is 2. The summed E-state index contributed by atoms with van der Waals surface area (Å²) in [5.74, 6) is 2.12. The highest BCUT2D eigenvalue weighted by Gasteiger charge is 2.28. The predicted molar refractivity (Wildman–Crippen MR) is 144 cm³/mol. The molecule has 5 rings (SSSR count). The van der Waals surface area contributed by atoms with Gasteiger partial charge in [0.15, 0.2) is 0 Å². The van der Waals surface area contributed by atoms with Crippen LogP contribution in [0.3, 0.4) is 0 Å². The maximum atomic E-state index is 13.3. The molecule has 2 aromatic carbocycles. The van der Waals surface area contributed by atoms with Crippen LogP contribution in [-0.2, 0) is 17.9 Å². The molecule has 0 spiro atoms. The molecule has 0 bridgehead atoms. The van der Waals surface area contributed by atoms with Gasteiger partial charge >= 0.3 is 0 Å². The number of aromatic nitrogens is 3. The number of methoxy groups -OCH3 is 1. The maximum Gasteiger partial charge on any atom is 0.272 e. The van der Waals surface area contributed by atoms with E-state index in [4.69, 9.17) is 9.47 Å². The molecule has 1 amide bonds. The van der Waals surface area contributed by atoms with Crippen LogP contribution in [0.2, 0.25) is 0 Å². The molecule has 1 aliphatic rings. The van der Waals surface area contributed by atoms with Gasteiger partial charge in [-0.15, -0.1) is 0 Å². The largest absolute Gasteiger partial charge is 0.496 e. The van der Waals surface area contributed by atoms with Crippen LogP contribution in [0, 0.1) is 0 Å². The van der Waals surface area contributed by atoms with Crippen LogP contribution in [0.15, 0.2) is 73.1 Å². The van der Waals surface area contributed by atoms with Gasteiger partial charge in [-0.05, 0) is 43.4 Å². The number of carbonyl (C=O) groups is 1. The number of likely N-dealkylation sites (tertiary alicyclic amines) is 1. The fourth-order valence-corrected chi connectivity index (χ4v) is 5.04. The number of imidazole rings is 1. The van der Waals surface area contributed by atoms with Gasteiger partial charge < -0.3 is 18.9 Å². The molecule has 7 nitrogen and oxygen atoms in total. The Bertz CT molecular complexity index is 1310. The molecule has 0 saturated carbocycles. The Kier molecular flexibility index (Phi) is 8.11. The maximum absolute atomic E-state index is 13.3. The highest BCUT2D eigenvalue weighted by atomic mass is 16.5. The average molecular weight is 499 g/mol. The van der Waals surface area contributed by atoms with Gasteiger partial charge in [-0.1, -0.05) is 42.5 Å². The number of pyridine rings is 1. The highest BCUT2D eigenvalue weighted by Crippen LogP contribution is 2.29. The minimum absolute atomic E-state index is 0.0404. The van der Waals surface area contributed by atoms with Crippen LogP contribution in [0.4, 0.5) is 0 Å². The van der Waals surface area contributed by atoms with Crippen molar-refractivity contribution < 1.29 is 14.3 Å². The molecule has 3 heterocycles. The lowest BCUT2D eigenvalue weighted by atomic mass is 9.95. The van der Waals surface area contributed by atoms with Crippen molar-refractivity contribution in [1.82, 2.24) is 19.4 Å². The van der Waals surface area contributed by atoms with E-state index in [2.05, 4.69) is 32.9 Å². The van der Waals surface area contributed by atoms with Gasteiger partial charge in [-0.3, -0.25) is 4.79 Å². The minimum Gasteiger partial charge on any atom is -0.496 e. The minimum atomic E-state index is -0.0404. The van der Waals surface area contributed by atoms with Crippen molar-refractivity contribution in [3.8, 4) is 5.75 Å². The van der Waals surface area contributed by atoms with Crippen LogP contribution >= 0.6 is 0 Å². The second-order valence-corrected chi connectivity index (χ2v) is 9.52. The van der Waals surface area contributed by atoms with Crippen LogP contribution in [0.5, 0.6) is 5.75 Å². The zero-order valence-corrected chi connectivity index (χ0v) is 21.4. The molecule has 37 heavy (non-hydrogen) atoms. The predicted octanol–water partition coefficient (Wildman–Crippen LogP) is 5.46. The van der Waals surface area contributed by atoms with E-state index in [-0.39, 0.29) is 5.91 Å². The molecule has 1 aliphatic heterocycles. The summed E-state index contributed by atoms with van der Waals surface area (Å²) in [5, 5.41) is 0.912. The van der Waals surface area contributed by atoms with Crippen molar-refractivity contribution in [2.24, 2.45) is 0 Å². The summed E-state index contributed by atoms with van der Waals surface area (Å²) in [6.45, 7) is 3.74. The molecular formula is C30H34N4O3. The summed E-state index contributed by atoms with van der Waals surface area (Å²) in [5.41, 5.74) is 2.41. The van der Waals surface area contributed by atoms with Crippen LogP contribution < -0.4 is 4.74 Å². The quantitative estimate of drug-likeness (QED) is 0.272. The van der Waals surface area contributed by atoms with E-state index in [0.29, 0.717) is 37.1 Å². The van der Waals surface area contributed by atoms with Gasteiger partial charge in [0.05, 0.1) is 19.2 Å². The molecule has 2 aromatic heterocycles. The topological polar surface area (TPSA) is 69.5 Å². The molecule has 0 N–H and O–H groups in total. The van der Waals surface area contributed by atoms with E-state index in [1.54, 1.807) is 13.2 Å². The number of rotatable bonds is 10. The van der Waals surface area contributed by atoms with Crippen molar-refractivity contribution in [2.45, 2.75) is 44.8 Å². The summed E-state index contributed by atoms with van der Waals surface area (Å²) in [4.78, 5) is 24.5. The lowest BCUT2D eigenvalue weighted by Crippen LogP contribution is -2.38. The van der Waals surface area contributed by atoms with Crippen LogP contribution in [0.1, 0.15) is 53.5 Å². The highest BCUT2D eigenvalue weighted by molar-refractivity contribution is 5.97. The Hall–Kier alpha value is -3.71. The second-order valence-electron chi connectivity index (χ2n) is 9.52. The number of amides is 1. The number of para-hydroxylation sites is 1. The number of hydrogen-bond donors (Lipinski definition) is 0. The molecule has 0 radical (unpaired) electrons. The fourth-order valence-electron chi connectivity index (χ4n) is 5.04. The Morgan fingerprint density at radius 2 is 1.81 bits per heavy atom. The molecular weight excluding hydrogens is 464 g/mol. The molecule has 0 atom stereocenters. The molecule has 0 unspecified atom stereocenters. The van der Waals surface area contributed by atoms with Gasteiger partial charge in [0.25, 0.3) is 5.91 Å². The van der Waals surface area contributed by atoms with E-state index < -0.39 is 0 Å². The Balaban J connectivity index is 1.11. The zero-order chi connectivity index (χ0) is 25.5. The molecule has 7 heteroatoms. The van der Waals surface area contributed by atoms with Crippen LogP contribution in [0.25, 0.3) is 10.9 Å². The third-order valence-electron chi connectivity index (χ3n) is 7.06. The third kappa shape index (κ3) is 6.00. The Morgan fingerprint density at radius 3 is 2.62 bits per heavy atom. The molecule has 4 aromatic rings. The Labute approximate surface area is 218 Å². The first-order valence-electron chi connectivity index (χ1n) is 13.1. The van der Waals surface area contributed by atoms with Crippen molar-refractivity contribution in [3.05, 3.63) is 90.1 Å². The summed E-state index contributed by atoms with van der Waals surface area (Å²) in [6.07, 6.45) is 7.82. The number of hydrogen-bond acceptors (Lipinski definition) is 5. The first-order valence-corrected chi connectivity index (χ1v) is 13.1. The van der Waals surface area contributed by atoms with Gasteiger partial charge in [0.2, 0.25) is 0 Å². The SMILES string of the molecule is COc1cc(C(=O)N2CCC(c3nccn3CCCCOCc3ccccc3)CC2)nc2ccccc12. The van der Waals surface area contributed by atoms with Gasteiger partial charge in [0.1, 0.15) is 17.3 Å². The second kappa shape index (κ2) is 12.0. The number of fused-ring (bicyclic) bond motifs is 1. The molecule has 1 fully saturated rings.